The van der Waals surface area contributed by atoms with E-state index >= 15 is 0 Å². The molecule has 0 amide bonds. The van der Waals surface area contributed by atoms with Crippen LogP contribution < -0.4 is 15.4 Å². The Morgan fingerprint density at radius 1 is 1.50 bits per heavy atom. The Balaban J connectivity index is 1.86. The number of aliphatic hydroxyl groups is 1. The van der Waals surface area contributed by atoms with Crippen LogP contribution in [0.3, 0.4) is 0 Å². The molecule has 0 spiro atoms. The average molecular weight is 248 g/mol. The van der Waals surface area contributed by atoms with Crippen molar-refractivity contribution < 1.29 is 9.84 Å². The van der Waals surface area contributed by atoms with Crippen molar-refractivity contribution in [2.24, 2.45) is 0 Å². The van der Waals surface area contributed by atoms with E-state index in [9.17, 15) is 5.11 Å². The number of nitrogens with one attached hydrogen (secondary N) is 2. The molecule has 3 rings (SSSR count). The fourth-order valence-electron chi connectivity index (χ4n) is 3.05. The van der Waals surface area contributed by atoms with Crippen LogP contribution >= 0.6 is 0 Å². The minimum absolute atomic E-state index is 0.425. The van der Waals surface area contributed by atoms with E-state index in [1.165, 1.54) is 6.42 Å². The maximum atomic E-state index is 10.9. The third-order valence-corrected chi connectivity index (χ3v) is 4.05. The van der Waals surface area contributed by atoms with Gasteiger partial charge in [-0.25, -0.2) is 0 Å². The minimum atomic E-state index is -0.772. The lowest BCUT2D eigenvalue weighted by molar-refractivity contribution is 0.0392. The Hall–Kier alpha value is -1.26. The van der Waals surface area contributed by atoms with Crippen molar-refractivity contribution in [3.8, 4) is 5.75 Å². The smallest absolute Gasteiger partial charge is 0.119 e. The van der Waals surface area contributed by atoms with Crippen LogP contribution in [0.25, 0.3) is 0 Å². The third kappa shape index (κ3) is 1.95. The maximum absolute atomic E-state index is 10.9. The van der Waals surface area contributed by atoms with Crippen LogP contribution in [0.1, 0.15) is 24.8 Å². The summed E-state index contributed by atoms with van der Waals surface area (Å²) in [5.41, 5.74) is 1.22. The topological polar surface area (TPSA) is 53.5 Å². The van der Waals surface area contributed by atoms with E-state index in [2.05, 4.69) is 10.6 Å². The standard InChI is InChI=1S/C14H20N2O2/c1-18-11-4-5-13-12(7-11)14(17,9-16-13)8-10-3-2-6-15-10/h4-5,7,10,15-17H,2-3,6,8-9H2,1H3. The highest BCUT2D eigenvalue weighted by Crippen LogP contribution is 2.40. The Morgan fingerprint density at radius 2 is 2.39 bits per heavy atom. The molecule has 1 aromatic carbocycles. The molecule has 2 heterocycles. The van der Waals surface area contributed by atoms with E-state index in [1.54, 1.807) is 7.11 Å². The van der Waals surface area contributed by atoms with E-state index in [0.29, 0.717) is 12.6 Å². The Morgan fingerprint density at radius 3 is 3.11 bits per heavy atom. The first-order chi connectivity index (χ1) is 8.71. The molecule has 2 aliphatic heterocycles. The highest BCUT2D eigenvalue weighted by molar-refractivity contribution is 5.61. The van der Waals surface area contributed by atoms with Gasteiger partial charge in [-0.2, -0.15) is 0 Å². The SMILES string of the molecule is COc1ccc2c(c1)C(O)(CC1CCCN1)CN2. The molecule has 18 heavy (non-hydrogen) atoms. The number of anilines is 1. The van der Waals surface area contributed by atoms with E-state index in [-0.39, 0.29) is 0 Å². The van der Waals surface area contributed by atoms with Gasteiger partial charge in [0, 0.05) is 23.8 Å². The third-order valence-electron chi connectivity index (χ3n) is 4.05. The summed E-state index contributed by atoms with van der Waals surface area (Å²) in [5.74, 6) is 0.801. The Bertz CT molecular complexity index is 443. The molecule has 0 aliphatic carbocycles. The number of fused-ring (bicyclic) bond motifs is 1. The summed E-state index contributed by atoms with van der Waals surface area (Å²) in [4.78, 5) is 0. The van der Waals surface area contributed by atoms with Crippen molar-refractivity contribution in [1.82, 2.24) is 5.32 Å². The molecule has 98 valence electrons. The van der Waals surface area contributed by atoms with E-state index in [0.717, 1.165) is 36.4 Å². The second-order valence-electron chi connectivity index (χ2n) is 5.29. The van der Waals surface area contributed by atoms with Gasteiger partial charge in [0.05, 0.1) is 7.11 Å². The van der Waals surface area contributed by atoms with Crippen LogP contribution in [0.2, 0.25) is 0 Å². The van der Waals surface area contributed by atoms with Gasteiger partial charge in [-0.05, 0) is 44.0 Å². The molecule has 4 nitrogen and oxygen atoms in total. The van der Waals surface area contributed by atoms with Crippen LogP contribution in [0.15, 0.2) is 18.2 Å². The molecule has 3 N–H and O–H groups in total. The van der Waals surface area contributed by atoms with Crippen molar-refractivity contribution >= 4 is 5.69 Å². The van der Waals surface area contributed by atoms with Crippen molar-refractivity contribution in [3.63, 3.8) is 0 Å². The second kappa shape index (κ2) is 4.44. The van der Waals surface area contributed by atoms with Gasteiger partial charge in [0.25, 0.3) is 0 Å². The molecular formula is C14H20N2O2. The van der Waals surface area contributed by atoms with Crippen LogP contribution in [0, 0.1) is 0 Å². The molecular weight excluding hydrogens is 228 g/mol. The Kier molecular flexibility index (Phi) is 2.92. The Labute approximate surface area is 107 Å². The van der Waals surface area contributed by atoms with Gasteiger partial charge in [-0.3, -0.25) is 0 Å². The summed E-state index contributed by atoms with van der Waals surface area (Å²) < 4.78 is 5.25. The molecule has 0 aromatic heterocycles. The minimum Gasteiger partial charge on any atom is -0.497 e. The monoisotopic (exact) mass is 248 g/mol. The van der Waals surface area contributed by atoms with Crippen molar-refractivity contribution in [2.75, 3.05) is 25.5 Å². The van der Waals surface area contributed by atoms with Crippen LogP contribution in [0.5, 0.6) is 5.75 Å². The molecule has 0 radical (unpaired) electrons. The number of rotatable bonds is 3. The van der Waals surface area contributed by atoms with Gasteiger partial charge in [-0.15, -0.1) is 0 Å². The molecule has 1 saturated heterocycles. The largest absolute Gasteiger partial charge is 0.497 e. The zero-order valence-corrected chi connectivity index (χ0v) is 10.7. The van der Waals surface area contributed by atoms with Crippen LogP contribution in [0.4, 0.5) is 5.69 Å². The summed E-state index contributed by atoms with van der Waals surface area (Å²) in [7, 11) is 1.65. The van der Waals surface area contributed by atoms with E-state index in [4.69, 9.17) is 4.74 Å². The summed E-state index contributed by atoms with van der Waals surface area (Å²) in [5, 5.41) is 17.6. The van der Waals surface area contributed by atoms with Gasteiger partial charge in [0.15, 0.2) is 0 Å². The summed E-state index contributed by atoms with van der Waals surface area (Å²) in [6.07, 6.45) is 3.13. The van der Waals surface area contributed by atoms with Gasteiger partial charge in [0.1, 0.15) is 11.4 Å². The molecule has 1 aromatic rings. The van der Waals surface area contributed by atoms with Gasteiger partial charge >= 0.3 is 0 Å². The summed E-state index contributed by atoms with van der Waals surface area (Å²) in [6, 6.07) is 6.28. The zero-order chi connectivity index (χ0) is 12.6. The molecule has 2 unspecified atom stereocenters. The van der Waals surface area contributed by atoms with E-state index < -0.39 is 5.60 Å². The predicted octanol–water partition coefficient (Wildman–Crippen LogP) is 1.45. The fourth-order valence-corrected chi connectivity index (χ4v) is 3.05. The van der Waals surface area contributed by atoms with Gasteiger partial charge < -0.3 is 20.5 Å². The first-order valence-corrected chi connectivity index (χ1v) is 6.59. The zero-order valence-electron chi connectivity index (χ0n) is 10.7. The lowest BCUT2D eigenvalue weighted by Gasteiger charge is -2.26. The number of ether oxygens (including phenoxy) is 1. The highest BCUT2D eigenvalue weighted by atomic mass is 16.5. The summed E-state index contributed by atoms with van der Waals surface area (Å²) in [6.45, 7) is 1.66. The van der Waals surface area contributed by atoms with Crippen LogP contribution in [-0.2, 0) is 5.60 Å². The average Bonchev–Trinajstić information content (AvgIpc) is 2.99. The van der Waals surface area contributed by atoms with Gasteiger partial charge in [0.2, 0.25) is 0 Å². The van der Waals surface area contributed by atoms with Crippen molar-refractivity contribution in [3.05, 3.63) is 23.8 Å². The first kappa shape index (κ1) is 11.8. The normalized spacial score (nSPS) is 30.0. The van der Waals surface area contributed by atoms with Crippen molar-refractivity contribution in [1.29, 1.82) is 0 Å². The van der Waals surface area contributed by atoms with Gasteiger partial charge in [-0.1, -0.05) is 0 Å². The van der Waals surface area contributed by atoms with Crippen LogP contribution in [-0.4, -0.2) is 31.3 Å². The molecule has 0 bridgehead atoms. The lowest BCUT2D eigenvalue weighted by atomic mass is 9.88. The second-order valence-corrected chi connectivity index (χ2v) is 5.29. The molecule has 4 heteroatoms. The van der Waals surface area contributed by atoms with E-state index in [1.807, 2.05) is 18.2 Å². The fraction of sp³-hybridized carbons (Fsp3) is 0.571. The van der Waals surface area contributed by atoms with Crippen molar-refractivity contribution in [2.45, 2.75) is 30.9 Å². The molecule has 0 saturated carbocycles. The number of benzene rings is 1. The molecule has 2 aliphatic rings. The molecule has 2 atom stereocenters. The number of methoxy groups -OCH3 is 1. The first-order valence-electron chi connectivity index (χ1n) is 6.59. The molecule has 1 fully saturated rings. The summed E-state index contributed by atoms with van der Waals surface area (Å²) >= 11 is 0. The lowest BCUT2D eigenvalue weighted by Crippen LogP contribution is -2.36. The quantitative estimate of drug-likeness (QED) is 0.758. The number of β-amino-alcohol motifs (C(OH)–C–C–N with tert-alkyl or cyclic N) is 1. The number of hydrogen-bond donors (Lipinski definition) is 3. The highest BCUT2D eigenvalue weighted by Gasteiger charge is 2.39. The maximum Gasteiger partial charge on any atom is 0.119 e. The predicted molar refractivity (Wildman–Crippen MR) is 71.0 cm³/mol. The number of hydrogen-bond acceptors (Lipinski definition) is 4.